The molecule has 0 spiro atoms. The molecule has 1 fully saturated rings. The van der Waals surface area contributed by atoms with Crippen molar-refractivity contribution in [3.8, 4) is 11.1 Å². The monoisotopic (exact) mass is 266 g/mol. The molecule has 1 saturated heterocycles. The van der Waals surface area contributed by atoms with Crippen molar-refractivity contribution in [3.63, 3.8) is 0 Å². The molecule has 1 aromatic carbocycles. The molecule has 4 rings (SSSR count). The first kappa shape index (κ1) is 11.8. The maximum absolute atomic E-state index is 12.2. The molecule has 0 aliphatic carbocycles. The van der Waals surface area contributed by atoms with Crippen molar-refractivity contribution in [1.29, 1.82) is 0 Å². The summed E-state index contributed by atoms with van der Waals surface area (Å²) in [4.78, 5) is 14.6. The summed E-state index contributed by atoms with van der Waals surface area (Å²) in [6, 6.07) is 14.1. The van der Waals surface area contributed by atoms with Gasteiger partial charge in [-0.15, -0.1) is 0 Å². The number of fused-ring (bicyclic) bond motifs is 4. The van der Waals surface area contributed by atoms with Gasteiger partial charge in [0, 0.05) is 31.3 Å². The molecule has 2 aliphatic rings. The molecular weight excluding hydrogens is 248 g/mol. The van der Waals surface area contributed by atoms with E-state index in [1.807, 2.05) is 16.7 Å². The molecule has 0 saturated carbocycles. The number of aromatic nitrogens is 1. The molecule has 1 atom stereocenters. The normalized spacial score (nSPS) is 20.6. The number of rotatable bonds is 1. The Balaban J connectivity index is 1.94. The van der Waals surface area contributed by atoms with Crippen LogP contribution in [0, 0.1) is 5.92 Å². The zero-order valence-electron chi connectivity index (χ0n) is 11.5. The van der Waals surface area contributed by atoms with Crippen molar-refractivity contribution < 1.29 is 0 Å². The van der Waals surface area contributed by atoms with Gasteiger partial charge in [-0.3, -0.25) is 9.36 Å². The Morgan fingerprint density at radius 3 is 2.70 bits per heavy atom. The largest absolute Gasteiger partial charge is 0.357 e. The second-order valence-corrected chi connectivity index (χ2v) is 5.84. The summed E-state index contributed by atoms with van der Waals surface area (Å²) in [5, 5.41) is 0. The number of piperidine rings is 1. The highest BCUT2D eigenvalue weighted by atomic mass is 16.1. The Morgan fingerprint density at radius 2 is 1.85 bits per heavy atom. The predicted molar refractivity (Wildman–Crippen MR) is 81.1 cm³/mol. The van der Waals surface area contributed by atoms with Gasteiger partial charge in [-0.1, -0.05) is 30.3 Å². The lowest BCUT2D eigenvalue weighted by molar-refractivity contribution is 0.329. The number of pyridine rings is 1. The minimum absolute atomic E-state index is 0.135. The lowest BCUT2D eigenvalue weighted by Crippen LogP contribution is -2.46. The van der Waals surface area contributed by atoms with Crippen molar-refractivity contribution in [2.24, 2.45) is 5.92 Å². The van der Waals surface area contributed by atoms with Crippen LogP contribution in [0.25, 0.3) is 11.1 Å². The van der Waals surface area contributed by atoms with Crippen molar-refractivity contribution in [2.75, 3.05) is 18.0 Å². The molecule has 102 valence electrons. The number of nitrogens with zero attached hydrogens (tertiary/aromatic N) is 2. The fourth-order valence-corrected chi connectivity index (χ4v) is 3.59. The Bertz CT molecular complexity index is 690. The molecule has 2 aliphatic heterocycles. The maximum Gasteiger partial charge on any atom is 0.252 e. The molecule has 0 radical (unpaired) electrons. The number of anilines is 1. The average molecular weight is 266 g/mol. The Hall–Kier alpha value is -2.03. The fraction of sp³-hybridized carbons (Fsp3) is 0.353. The van der Waals surface area contributed by atoms with Crippen LogP contribution in [0.5, 0.6) is 0 Å². The zero-order valence-corrected chi connectivity index (χ0v) is 11.5. The molecule has 2 aromatic rings. The molecule has 3 heterocycles. The average Bonchev–Trinajstić information content (AvgIpc) is 2.50. The van der Waals surface area contributed by atoms with Gasteiger partial charge in [0.25, 0.3) is 5.56 Å². The molecule has 2 bridgehead atoms. The zero-order chi connectivity index (χ0) is 13.5. The summed E-state index contributed by atoms with van der Waals surface area (Å²) in [5.41, 5.74) is 2.52. The van der Waals surface area contributed by atoms with E-state index >= 15 is 0 Å². The predicted octanol–water partition coefficient (Wildman–Crippen LogP) is 2.75. The SMILES string of the molecule is O=c1ccc(-c2ccccc2)c2n1CC1CCCN2C1. The van der Waals surface area contributed by atoms with E-state index in [0.717, 1.165) is 25.5 Å². The Kier molecular flexibility index (Phi) is 2.66. The van der Waals surface area contributed by atoms with Gasteiger partial charge in [0.05, 0.1) is 0 Å². The van der Waals surface area contributed by atoms with Gasteiger partial charge < -0.3 is 4.90 Å². The molecule has 3 heteroatoms. The van der Waals surface area contributed by atoms with Crippen LogP contribution in [-0.2, 0) is 6.54 Å². The van der Waals surface area contributed by atoms with Crippen LogP contribution in [0.2, 0.25) is 0 Å². The van der Waals surface area contributed by atoms with Crippen LogP contribution in [0.1, 0.15) is 12.8 Å². The van der Waals surface area contributed by atoms with Gasteiger partial charge in [0.2, 0.25) is 0 Å². The number of hydrogen-bond donors (Lipinski definition) is 0. The summed E-state index contributed by atoms with van der Waals surface area (Å²) in [5.74, 6) is 1.76. The van der Waals surface area contributed by atoms with Crippen LogP contribution < -0.4 is 10.5 Å². The lowest BCUT2D eigenvalue weighted by Gasteiger charge is -2.42. The lowest BCUT2D eigenvalue weighted by atomic mass is 9.93. The highest BCUT2D eigenvalue weighted by Crippen LogP contribution is 2.36. The van der Waals surface area contributed by atoms with E-state index in [1.165, 1.54) is 24.0 Å². The quantitative estimate of drug-likeness (QED) is 0.793. The van der Waals surface area contributed by atoms with Crippen molar-refractivity contribution in [1.82, 2.24) is 4.57 Å². The first-order chi connectivity index (χ1) is 9.83. The molecule has 1 unspecified atom stereocenters. The topological polar surface area (TPSA) is 25.2 Å². The van der Waals surface area contributed by atoms with E-state index < -0.39 is 0 Å². The third-order valence-electron chi connectivity index (χ3n) is 4.50. The number of benzene rings is 1. The fourth-order valence-electron chi connectivity index (χ4n) is 3.59. The van der Waals surface area contributed by atoms with E-state index in [-0.39, 0.29) is 5.56 Å². The first-order valence-electron chi connectivity index (χ1n) is 7.37. The van der Waals surface area contributed by atoms with Crippen molar-refractivity contribution in [2.45, 2.75) is 19.4 Å². The van der Waals surface area contributed by atoms with Gasteiger partial charge in [0.1, 0.15) is 5.82 Å². The molecule has 0 N–H and O–H groups in total. The minimum Gasteiger partial charge on any atom is -0.357 e. The third-order valence-corrected chi connectivity index (χ3v) is 4.50. The van der Waals surface area contributed by atoms with Crippen LogP contribution >= 0.6 is 0 Å². The number of hydrogen-bond acceptors (Lipinski definition) is 2. The summed E-state index contributed by atoms with van der Waals surface area (Å²) < 4.78 is 1.98. The van der Waals surface area contributed by atoms with E-state index in [2.05, 4.69) is 29.2 Å². The molecular formula is C17H18N2O. The van der Waals surface area contributed by atoms with E-state index in [0.29, 0.717) is 5.92 Å². The smallest absolute Gasteiger partial charge is 0.252 e. The van der Waals surface area contributed by atoms with Crippen LogP contribution in [0.4, 0.5) is 5.82 Å². The Morgan fingerprint density at radius 1 is 1.00 bits per heavy atom. The highest BCUT2D eigenvalue weighted by molar-refractivity contribution is 5.76. The van der Waals surface area contributed by atoms with Gasteiger partial charge in [-0.2, -0.15) is 0 Å². The minimum atomic E-state index is 0.135. The van der Waals surface area contributed by atoms with Gasteiger partial charge in [-0.05, 0) is 30.4 Å². The van der Waals surface area contributed by atoms with Crippen LogP contribution in [0.3, 0.4) is 0 Å². The maximum atomic E-state index is 12.2. The van der Waals surface area contributed by atoms with Crippen LogP contribution in [-0.4, -0.2) is 17.7 Å². The van der Waals surface area contributed by atoms with E-state index in [4.69, 9.17) is 0 Å². The van der Waals surface area contributed by atoms with Gasteiger partial charge in [-0.25, -0.2) is 0 Å². The van der Waals surface area contributed by atoms with E-state index in [1.54, 1.807) is 6.07 Å². The van der Waals surface area contributed by atoms with Gasteiger partial charge >= 0.3 is 0 Å². The summed E-state index contributed by atoms with van der Waals surface area (Å²) >= 11 is 0. The molecule has 1 aromatic heterocycles. The van der Waals surface area contributed by atoms with Crippen LogP contribution in [0.15, 0.2) is 47.3 Å². The second kappa shape index (κ2) is 4.51. The molecule has 20 heavy (non-hydrogen) atoms. The molecule has 0 amide bonds. The second-order valence-electron chi connectivity index (χ2n) is 5.84. The summed E-state index contributed by atoms with van der Waals surface area (Å²) in [6.07, 6.45) is 2.49. The Labute approximate surface area is 118 Å². The van der Waals surface area contributed by atoms with Gasteiger partial charge in [0.15, 0.2) is 0 Å². The molecule has 3 nitrogen and oxygen atoms in total. The van der Waals surface area contributed by atoms with Crippen molar-refractivity contribution in [3.05, 3.63) is 52.8 Å². The third kappa shape index (κ3) is 1.77. The first-order valence-corrected chi connectivity index (χ1v) is 7.37. The summed E-state index contributed by atoms with van der Waals surface area (Å²) in [7, 11) is 0. The van der Waals surface area contributed by atoms with Crippen molar-refractivity contribution >= 4 is 5.82 Å². The van der Waals surface area contributed by atoms with E-state index in [9.17, 15) is 4.79 Å². The summed E-state index contributed by atoms with van der Waals surface area (Å²) in [6.45, 7) is 3.05. The highest BCUT2D eigenvalue weighted by Gasteiger charge is 2.30. The standard InChI is InChI=1S/C17H18N2O/c20-16-9-8-15(14-6-2-1-3-7-14)17-18-10-4-5-13(11-18)12-19(16)17/h1-3,6-9,13H,4-5,10-12H2.